The van der Waals surface area contributed by atoms with Crippen molar-refractivity contribution in [2.24, 2.45) is 0 Å². The summed E-state index contributed by atoms with van der Waals surface area (Å²) < 4.78 is 10.6. The molecule has 21 heavy (non-hydrogen) atoms. The number of aryl methyl sites for hydroxylation is 1. The Balaban J connectivity index is 2.02. The summed E-state index contributed by atoms with van der Waals surface area (Å²) in [5.41, 5.74) is 2.52. The van der Waals surface area contributed by atoms with Crippen LogP contribution in [0, 0.1) is 6.92 Å². The maximum atomic E-state index is 9.50. The number of hydrogen-bond acceptors (Lipinski definition) is 5. The summed E-state index contributed by atoms with van der Waals surface area (Å²) in [6.07, 6.45) is 0. The van der Waals surface area contributed by atoms with Gasteiger partial charge in [-0.3, -0.25) is 0 Å². The van der Waals surface area contributed by atoms with Crippen LogP contribution in [0.15, 0.2) is 47.0 Å². The lowest BCUT2D eigenvalue weighted by molar-refractivity contribution is 0.413. The second kappa shape index (κ2) is 5.28. The molecule has 3 aromatic rings. The molecule has 0 amide bonds. The molecule has 0 aliphatic rings. The smallest absolute Gasteiger partial charge is 0.258 e. The lowest BCUT2D eigenvalue weighted by Crippen LogP contribution is -1.90. The van der Waals surface area contributed by atoms with Gasteiger partial charge in [0.25, 0.3) is 5.89 Å². The van der Waals surface area contributed by atoms with Gasteiger partial charge >= 0.3 is 0 Å². The van der Waals surface area contributed by atoms with Crippen LogP contribution in [0.25, 0.3) is 22.8 Å². The quantitative estimate of drug-likeness (QED) is 0.797. The zero-order chi connectivity index (χ0) is 14.8. The number of nitrogens with zero attached hydrogens (tertiary/aromatic N) is 2. The molecule has 0 aliphatic heterocycles. The van der Waals surface area contributed by atoms with E-state index >= 15 is 0 Å². The van der Waals surface area contributed by atoms with Gasteiger partial charge in [-0.2, -0.15) is 4.98 Å². The SMILES string of the molecule is COc1cc(C)ccc1-c1noc(-c2cccc(O)c2)n1. The Morgan fingerprint density at radius 1 is 1.14 bits per heavy atom. The Bertz CT molecular complexity index is 781. The van der Waals surface area contributed by atoms with E-state index in [1.807, 2.05) is 25.1 Å². The highest BCUT2D eigenvalue weighted by Gasteiger charge is 2.14. The van der Waals surface area contributed by atoms with E-state index in [1.165, 1.54) is 0 Å². The van der Waals surface area contributed by atoms with Gasteiger partial charge in [-0.1, -0.05) is 17.3 Å². The van der Waals surface area contributed by atoms with Crippen LogP contribution in [0.4, 0.5) is 0 Å². The van der Waals surface area contributed by atoms with Crippen molar-refractivity contribution >= 4 is 0 Å². The molecule has 0 atom stereocenters. The molecule has 106 valence electrons. The second-order valence-corrected chi connectivity index (χ2v) is 4.68. The van der Waals surface area contributed by atoms with Crippen molar-refractivity contribution in [3.63, 3.8) is 0 Å². The van der Waals surface area contributed by atoms with Crippen LogP contribution in [0.5, 0.6) is 11.5 Å². The molecule has 0 bridgehead atoms. The third-order valence-electron chi connectivity index (χ3n) is 3.12. The summed E-state index contributed by atoms with van der Waals surface area (Å²) in [6, 6.07) is 12.4. The number of phenols is 1. The van der Waals surface area contributed by atoms with Gasteiger partial charge in [0.2, 0.25) is 5.82 Å². The molecule has 0 saturated carbocycles. The van der Waals surface area contributed by atoms with Crippen LogP contribution < -0.4 is 4.74 Å². The first-order chi connectivity index (χ1) is 10.2. The molecule has 0 radical (unpaired) electrons. The van der Waals surface area contributed by atoms with Gasteiger partial charge < -0.3 is 14.4 Å². The van der Waals surface area contributed by atoms with Crippen molar-refractivity contribution in [3.8, 4) is 34.3 Å². The number of phenolic OH excluding ortho intramolecular Hbond substituents is 1. The van der Waals surface area contributed by atoms with Crippen LogP contribution in [-0.4, -0.2) is 22.4 Å². The monoisotopic (exact) mass is 282 g/mol. The van der Waals surface area contributed by atoms with Gasteiger partial charge in [-0.05, 0) is 42.8 Å². The van der Waals surface area contributed by atoms with E-state index in [2.05, 4.69) is 10.1 Å². The molecule has 1 aromatic heterocycles. The third-order valence-corrected chi connectivity index (χ3v) is 3.12. The van der Waals surface area contributed by atoms with Crippen molar-refractivity contribution in [1.82, 2.24) is 10.1 Å². The van der Waals surface area contributed by atoms with E-state index in [9.17, 15) is 5.11 Å². The molecule has 2 aromatic carbocycles. The van der Waals surface area contributed by atoms with Crippen molar-refractivity contribution in [3.05, 3.63) is 48.0 Å². The minimum atomic E-state index is 0.153. The van der Waals surface area contributed by atoms with Crippen LogP contribution in [0.3, 0.4) is 0 Å². The van der Waals surface area contributed by atoms with Crippen molar-refractivity contribution in [2.75, 3.05) is 7.11 Å². The molecule has 0 saturated heterocycles. The van der Waals surface area contributed by atoms with E-state index in [-0.39, 0.29) is 5.75 Å². The number of ether oxygens (including phenoxy) is 1. The fraction of sp³-hybridized carbons (Fsp3) is 0.125. The summed E-state index contributed by atoms with van der Waals surface area (Å²) in [5, 5.41) is 13.5. The highest BCUT2D eigenvalue weighted by molar-refractivity contribution is 5.66. The summed E-state index contributed by atoms with van der Waals surface area (Å²) in [5.74, 6) is 1.65. The Hall–Kier alpha value is -2.82. The summed E-state index contributed by atoms with van der Waals surface area (Å²) >= 11 is 0. The highest BCUT2D eigenvalue weighted by atomic mass is 16.5. The summed E-state index contributed by atoms with van der Waals surface area (Å²) in [6.45, 7) is 1.99. The van der Waals surface area contributed by atoms with E-state index in [1.54, 1.807) is 31.4 Å². The second-order valence-electron chi connectivity index (χ2n) is 4.68. The van der Waals surface area contributed by atoms with Gasteiger partial charge in [-0.25, -0.2) is 0 Å². The van der Waals surface area contributed by atoms with E-state index in [4.69, 9.17) is 9.26 Å². The minimum Gasteiger partial charge on any atom is -0.508 e. The molecule has 3 rings (SSSR count). The summed E-state index contributed by atoms with van der Waals surface area (Å²) in [4.78, 5) is 4.36. The maximum Gasteiger partial charge on any atom is 0.258 e. The zero-order valence-electron chi connectivity index (χ0n) is 11.7. The molecule has 5 heteroatoms. The number of methoxy groups -OCH3 is 1. The van der Waals surface area contributed by atoms with Gasteiger partial charge in [0.15, 0.2) is 0 Å². The number of benzene rings is 2. The van der Waals surface area contributed by atoms with Gasteiger partial charge in [0.05, 0.1) is 12.7 Å². The first kappa shape index (κ1) is 13.2. The number of rotatable bonds is 3. The lowest BCUT2D eigenvalue weighted by Gasteiger charge is -2.05. The predicted molar refractivity (Wildman–Crippen MR) is 78.1 cm³/mol. The van der Waals surface area contributed by atoms with Crippen LogP contribution >= 0.6 is 0 Å². The topological polar surface area (TPSA) is 68.4 Å². The van der Waals surface area contributed by atoms with Crippen LogP contribution in [-0.2, 0) is 0 Å². The molecule has 0 aliphatic carbocycles. The Morgan fingerprint density at radius 3 is 2.76 bits per heavy atom. The largest absolute Gasteiger partial charge is 0.508 e. The van der Waals surface area contributed by atoms with E-state index in [0.717, 1.165) is 11.1 Å². The fourth-order valence-electron chi connectivity index (χ4n) is 2.07. The molecule has 5 nitrogen and oxygen atoms in total. The molecule has 0 fully saturated rings. The van der Waals surface area contributed by atoms with E-state index in [0.29, 0.717) is 23.0 Å². The first-order valence-corrected chi connectivity index (χ1v) is 6.45. The molecular formula is C16H14N2O3. The number of aromatic hydroxyl groups is 1. The number of aromatic nitrogens is 2. The summed E-state index contributed by atoms with van der Waals surface area (Å²) in [7, 11) is 1.61. The molecule has 1 heterocycles. The van der Waals surface area contributed by atoms with Crippen molar-refractivity contribution in [1.29, 1.82) is 0 Å². The van der Waals surface area contributed by atoms with Crippen molar-refractivity contribution < 1.29 is 14.4 Å². The predicted octanol–water partition coefficient (Wildman–Crippen LogP) is 3.43. The Morgan fingerprint density at radius 2 is 2.00 bits per heavy atom. The number of hydrogen-bond donors (Lipinski definition) is 1. The third kappa shape index (κ3) is 2.58. The van der Waals surface area contributed by atoms with Crippen LogP contribution in [0.1, 0.15) is 5.56 Å². The maximum absolute atomic E-state index is 9.50. The molecule has 1 N–H and O–H groups in total. The van der Waals surface area contributed by atoms with Crippen molar-refractivity contribution in [2.45, 2.75) is 6.92 Å². The first-order valence-electron chi connectivity index (χ1n) is 6.45. The minimum absolute atomic E-state index is 0.153. The van der Waals surface area contributed by atoms with Crippen LogP contribution in [0.2, 0.25) is 0 Å². The Kier molecular flexibility index (Phi) is 3.31. The highest BCUT2D eigenvalue weighted by Crippen LogP contribution is 2.30. The lowest BCUT2D eigenvalue weighted by atomic mass is 10.1. The Labute approximate surface area is 121 Å². The average Bonchev–Trinajstić information content (AvgIpc) is 2.96. The van der Waals surface area contributed by atoms with E-state index < -0.39 is 0 Å². The molecule has 0 spiro atoms. The normalized spacial score (nSPS) is 10.6. The average molecular weight is 282 g/mol. The van der Waals surface area contributed by atoms with Gasteiger partial charge in [-0.15, -0.1) is 0 Å². The van der Waals surface area contributed by atoms with Gasteiger partial charge in [0.1, 0.15) is 11.5 Å². The van der Waals surface area contributed by atoms with Gasteiger partial charge in [0, 0.05) is 5.56 Å². The molecular weight excluding hydrogens is 268 g/mol. The fourth-order valence-corrected chi connectivity index (χ4v) is 2.07. The molecule has 0 unspecified atom stereocenters. The zero-order valence-corrected chi connectivity index (χ0v) is 11.7. The standard InChI is InChI=1S/C16H14N2O3/c1-10-6-7-13(14(8-10)20-2)15-17-16(21-18-15)11-4-3-5-12(19)9-11/h3-9,19H,1-2H3.